The number of rotatable bonds is 0. The molecule has 0 aromatic rings. The predicted octanol–water partition coefficient (Wildman–Crippen LogP) is -17.2. The van der Waals surface area contributed by atoms with Crippen LogP contribution < -0.4 is 40.5 Å². The van der Waals surface area contributed by atoms with Gasteiger partial charge < -0.3 is 40.5 Å². The molecule has 0 spiro atoms. The van der Waals surface area contributed by atoms with Gasteiger partial charge in [0.15, 0.2) is 0 Å². The Bertz CT molecular complexity index is 11.0. The van der Waals surface area contributed by atoms with Crippen LogP contribution in [0.4, 0.5) is 0 Å². The summed E-state index contributed by atoms with van der Waals surface area (Å²) in [6, 6.07) is 0. The first-order valence-corrected chi connectivity index (χ1v) is 0. The smallest absolute Gasteiger partial charge is 1.00 e. The Labute approximate surface area is 67.3 Å². The van der Waals surface area contributed by atoms with Crippen molar-refractivity contribution >= 4 is 0 Å². The van der Waals surface area contributed by atoms with Gasteiger partial charge in [0, 0.05) is 0 Å². The van der Waals surface area contributed by atoms with Gasteiger partial charge in [-0.15, -0.1) is 0 Å². The average Bonchev–Trinajstić information content (AvgIpc) is 0. The molecule has 0 aromatic carbocycles. The zero-order valence-corrected chi connectivity index (χ0v) is 7.23. The predicted molar refractivity (Wildman–Crippen MR) is 12.0 cm³/mol. The molecule has 0 heterocycles. The Hall–Kier alpha value is 0.383. The topological polar surface area (TPSA) is 73.0 Å². The van der Waals surface area contributed by atoms with E-state index in [1.165, 1.54) is 0 Å². The molecule has 0 amide bonds. The summed E-state index contributed by atoms with van der Waals surface area (Å²) >= 11 is 0. The van der Waals surface area contributed by atoms with Crippen molar-refractivity contribution in [2.75, 3.05) is 0 Å². The summed E-state index contributed by atoms with van der Waals surface area (Å²) in [4.78, 5) is 0. The second-order valence-corrected chi connectivity index (χ2v) is 0. The van der Waals surface area contributed by atoms with Gasteiger partial charge in [0.05, 0.1) is 0 Å². The van der Waals surface area contributed by atoms with Gasteiger partial charge in [-0.25, -0.2) is 0 Å². The number of hydrogen-bond acceptors (Lipinski definition) is 0. The van der Waals surface area contributed by atoms with Crippen LogP contribution in [0, 0.1) is 0 Å². The maximum Gasteiger partial charge on any atom is 4.00 e. The SMILES string of the molecule is [F-].[F-].[F-].[F-].[F-].[F-].[NH4+].[NH4+].[Zr+4]. The molecule has 0 atom stereocenters. The number of hydrogen-bond donors (Lipinski definition) is 2. The molecule has 2 nitrogen and oxygen atoms in total. The zero-order valence-electron chi connectivity index (χ0n) is 4.77. The van der Waals surface area contributed by atoms with Crippen molar-refractivity contribution in [3.63, 3.8) is 0 Å². The minimum Gasteiger partial charge on any atom is -1.00 e. The third-order valence-corrected chi connectivity index (χ3v) is 0. The van der Waals surface area contributed by atoms with Crippen LogP contribution in [0.15, 0.2) is 0 Å². The molecule has 0 fully saturated rings. The first kappa shape index (κ1) is 4490. The molecule has 0 rings (SSSR count). The summed E-state index contributed by atoms with van der Waals surface area (Å²) in [7, 11) is 0. The van der Waals surface area contributed by atoms with Crippen molar-refractivity contribution < 1.29 is 54.4 Å². The van der Waals surface area contributed by atoms with Gasteiger partial charge in [-0.1, -0.05) is 0 Å². The molecule has 0 aliphatic carbocycles. The molecule has 0 saturated heterocycles. The standard InChI is InChI=1S/6FH.2H3N.Zr/h6*1H;2*1H3;/q;;;;;;;;+4/p-4. The van der Waals surface area contributed by atoms with Crippen LogP contribution in [0.2, 0.25) is 0 Å². The van der Waals surface area contributed by atoms with Gasteiger partial charge in [-0.3, -0.25) is 0 Å². The van der Waals surface area contributed by atoms with Crippen molar-refractivity contribution in [1.29, 1.82) is 0 Å². The molecule has 0 unspecified atom stereocenters. The third kappa shape index (κ3) is 2330. The van der Waals surface area contributed by atoms with E-state index < -0.39 is 0 Å². The molecule has 0 bridgehead atoms. The Morgan fingerprint density at radius 2 is 0.333 bits per heavy atom. The summed E-state index contributed by atoms with van der Waals surface area (Å²) in [5.74, 6) is 0. The van der Waals surface area contributed by atoms with E-state index in [-0.39, 0.29) is 66.7 Å². The molecule has 9 heavy (non-hydrogen) atoms. The van der Waals surface area contributed by atoms with Gasteiger partial charge >= 0.3 is 26.2 Å². The number of halogens is 6. The van der Waals surface area contributed by atoms with E-state index in [0.29, 0.717) is 0 Å². The van der Waals surface area contributed by atoms with E-state index in [4.69, 9.17) is 0 Å². The largest absolute Gasteiger partial charge is 4.00 e. The number of quaternary nitrogens is 2. The summed E-state index contributed by atoms with van der Waals surface area (Å²) in [6.07, 6.45) is 0. The normalized spacial score (nSPS) is 0. The average molecular weight is 241 g/mol. The minimum absolute atomic E-state index is 0. The first-order valence-electron chi connectivity index (χ1n) is 0. The molecule has 0 aliphatic heterocycles. The molecule has 8 N–H and O–H groups in total. The van der Waals surface area contributed by atoms with Crippen molar-refractivity contribution in [3.05, 3.63) is 0 Å². The van der Waals surface area contributed by atoms with Crippen molar-refractivity contribution in [2.45, 2.75) is 0 Å². The molecule has 64 valence electrons. The summed E-state index contributed by atoms with van der Waals surface area (Å²) in [5.41, 5.74) is 0. The molecule has 0 aliphatic rings. The summed E-state index contributed by atoms with van der Waals surface area (Å²) in [6.45, 7) is 0. The summed E-state index contributed by atoms with van der Waals surface area (Å²) < 4.78 is 0. The maximum absolute atomic E-state index is 0. The quantitative estimate of drug-likeness (QED) is 0.395. The minimum atomic E-state index is 0. The van der Waals surface area contributed by atoms with Gasteiger partial charge in [-0.05, 0) is 0 Å². The molecule has 0 saturated carbocycles. The van der Waals surface area contributed by atoms with Gasteiger partial charge in [0.2, 0.25) is 0 Å². The Balaban J connectivity index is 0. The second kappa shape index (κ2) is 3110. The molecule has 9 heteroatoms. The van der Waals surface area contributed by atoms with Crippen molar-refractivity contribution in [1.82, 2.24) is 12.3 Å². The molecule has 0 radical (unpaired) electrons. The van der Waals surface area contributed by atoms with Crippen LogP contribution in [-0.4, -0.2) is 0 Å². The fraction of sp³-hybridized carbons (Fsp3) is 0. The van der Waals surface area contributed by atoms with Crippen molar-refractivity contribution in [3.8, 4) is 0 Å². The Kier molecular flexibility index (Phi) is 1550000. The molecular weight excluding hydrogens is 233 g/mol. The zero-order chi connectivity index (χ0) is 0. The monoisotopic (exact) mass is 240 g/mol. The van der Waals surface area contributed by atoms with Gasteiger partial charge in [-0.2, -0.15) is 0 Å². The van der Waals surface area contributed by atoms with E-state index >= 15 is 0 Å². The van der Waals surface area contributed by atoms with Crippen molar-refractivity contribution in [2.24, 2.45) is 0 Å². The van der Waals surface area contributed by atoms with E-state index in [2.05, 4.69) is 0 Å². The van der Waals surface area contributed by atoms with E-state index in [1.807, 2.05) is 0 Å². The fourth-order valence-corrected chi connectivity index (χ4v) is 0. The fourth-order valence-electron chi connectivity index (χ4n) is 0. The van der Waals surface area contributed by atoms with Crippen LogP contribution in [0.3, 0.4) is 0 Å². The maximum atomic E-state index is 0. The second-order valence-electron chi connectivity index (χ2n) is 0. The Morgan fingerprint density at radius 1 is 0.333 bits per heavy atom. The van der Waals surface area contributed by atoms with E-state index in [1.54, 1.807) is 0 Å². The summed E-state index contributed by atoms with van der Waals surface area (Å²) in [5, 5.41) is 0. The first-order chi connectivity index (χ1) is 0. The van der Waals surface area contributed by atoms with Crippen LogP contribution in [0.1, 0.15) is 0 Å². The van der Waals surface area contributed by atoms with Crippen LogP contribution in [0.25, 0.3) is 0 Å². The van der Waals surface area contributed by atoms with E-state index in [9.17, 15) is 0 Å². The van der Waals surface area contributed by atoms with Gasteiger partial charge in [0.25, 0.3) is 0 Å². The van der Waals surface area contributed by atoms with E-state index in [0.717, 1.165) is 0 Å². The van der Waals surface area contributed by atoms with Crippen LogP contribution in [0.5, 0.6) is 0 Å². The Morgan fingerprint density at radius 3 is 0.333 bits per heavy atom. The van der Waals surface area contributed by atoms with Gasteiger partial charge in [0.1, 0.15) is 0 Å². The van der Waals surface area contributed by atoms with Crippen LogP contribution in [-0.2, 0) is 26.2 Å². The van der Waals surface area contributed by atoms with Crippen LogP contribution >= 0.6 is 0 Å². The molecular formula is H8F6N2Zr. The molecule has 0 aromatic heterocycles. The third-order valence-electron chi connectivity index (χ3n) is 0.